The summed E-state index contributed by atoms with van der Waals surface area (Å²) < 4.78 is 5.12. The van der Waals surface area contributed by atoms with E-state index in [2.05, 4.69) is 0 Å². The number of phenols is 3. The minimum atomic E-state index is -0.241. The fourth-order valence-electron chi connectivity index (χ4n) is 1.54. The van der Waals surface area contributed by atoms with E-state index in [1.807, 2.05) is 6.08 Å². The van der Waals surface area contributed by atoms with E-state index in [0.717, 1.165) is 31.0 Å². The molecule has 2 unspecified atom stereocenters. The van der Waals surface area contributed by atoms with Crippen LogP contribution in [0.4, 0.5) is 0 Å². The fourth-order valence-corrected chi connectivity index (χ4v) is 1.54. The van der Waals surface area contributed by atoms with Crippen LogP contribution in [0.5, 0.6) is 17.2 Å². The standard InChI is InChI=1S/C7H12O2.C6H6O3/c1-6(8)5-7-3-2-4-9-7;7-4-1-5(8)3-6(9)2-4/h2,4,6-8H,3,5H2,1H3;1-3,7-9H. The molecule has 2 rings (SSSR count). The summed E-state index contributed by atoms with van der Waals surface area (Å²) in [4.78, 5) is 0. The second-order valence-corrected chi connectivity index (χ2v) is 4.16. The Morgan fingerprint density at radius 2 is 1.67 bits per heavy atom. The molecule has 1 aliphatic rings. The van der Waals surface area contributed by atoms with Crippen molar-refractivity contribution in [1.29, 1.82) is 0 Å². The van der Waals surface area contributed by atoms with Gasteiger partial charge < -0.3 is 25.2 Å². The molecule has 0 aliphatic carbocycles. The molecular formula is C13H18O5. The van der Waals surface area contributed by atoms with E-state index in [-0.39, 0.29) is 29.5 Å². The van der Waals surface area contributed by atoms with Gasteiger partial charge in [0.15, 0.2) is 0 Å². The van der Waals surface area contributed by atoms with Crippen LogP contribution in [0.15, 0.2) is 30.5 Å². The van der Waals surface area contributed by atoms with Gasteiger partial charge in [-0.05, 0) is 13.0 Å². The van der Waals surface area contributed by atoms with Gasteiger partial charge in [-0.1, -0.05) is 0 Å². The summed E-state index contributed by atoms with van der Waals surface area (Å²) in [5, 5.41) is 34.9. The third-order valence-electron chi connectivity index (χ3n) is 2.26. The molecule has 4 N–H and O–H groups in total. The maximum Gasteiger partial charge on any atom is 0.122 e. The van der Waals surface area contributed by atoms with Crippen molar-refractivity contribution in [3.05, 3.63) is 30.5 Å². The molecule has 0 amide bonds. The van der Waals surface area contributed by atoms with Gasteiger partial charge in [0, 0.05) is 31.0 Å². The van der Waals surface area contributed by atoms with E-state index in [1.54, 1.807) is 13.2 Å². The Morgan fingerprint density at radius 1 is 1.17 bits per heavy atom. The van der Waals surface area contributed by atoms with Crippen LogP contribution in [0.2, 0.25) is 0 Å². The first-order chi connectivity index (χ1) is 8.47. The van der Waals surface area contributed by atoms with Crippen LogP contribution in [0, 0.1) is 0 Å². The number of aliphatic hydroxyl groups is 1. The Bertz CT molecular complexity index is 342. The van der Waals surface area contributed by atoms with Gasteiger partial charge in [0.2, 0.25) is 0 Å². The van der Waals surface area contributed by atoms with Crippen molar-refractivity contribution in [3.8, 4) is 17.2 Å². The molecule has 5 heteroatoms. The lowest BCUT2D eigenvalue weighted by Gasteiger charge is -2.10. The highest BCUT2D eigenvalue weighted by molar-refractivity contribution is 5.39. The molecule has 1 aliphatic heterocycles. The number of ether oxygens (including phenoxy) is 1. The Hall–Kier alpha value is -1.88. The number of hydrogen-bond acceptors (Lipinski definition) is 5. The Morgan fingerprint density at radius 3 is 2.00 bits per heavy atom. The van der Waals surface area contributed by atoms with Crippen molar-refractivity contribution in [2.45, 2.75) is 32.0 Å². The zero-order valence-corrected chi connectivity index (χ0v) is 10.2. The third-order valence-corrected chi connectivity index (χ3v) is 2.26. The van der Waals surface area contributed by atoms with Crippen LogP contribution in [0.25, 0.3) is 0 Å². The first kappa shape index (κ1) is 14.2. The lowest BCUT2D eigenvalue weighted by molar-refractivity contribution is 0.0915. The number of phenolic OH excluding ortho intramolecular Hbond substituents is 3. The summed E-state index contributed by atoms with van der Waals surface area (Å²) in [6.45, 7) is 1.78. The molecule has 0 fully saturated rings. The summed E-state index contributed by atoms with van der Waals surface area (Å²) >= 11 is 0. The van der Waals surface area contributed by atoms with Gasteiger partial charge in [-0.25, -0.2) is 0 Å². The van der Waals surface area contributed by atoms with Crippen molar-refractivity contribution >= 4 is 0 Å². The molecule has 0 radical (unpaired) electrons. The van der Waals surface area contributed by atoms with E-state index in [4.69, 9.17) is 25.2 Å². The van der Waals surface area contributed by atoms with Gasteiger partial charge in [0.1, 0.15) is 23.4 Å². The first-order valence-electron chi connectivity index (χ1n) is 5.68. The number of benzene rings is 1. The minimum Gasteiger partial charge on any atom is -0.508 e. The van der Waals surface area contributed by atoms with Crippen LogP contribution in [-0.4, -0.2) is 32.6 Å². The number of hydrogen-bond donors (Lipinski definition) is 4. The molecule has 1 aromatic rings. The maximum atomic E-state index is 8.91. The third kappa shape index (κ3) is 5.45. The second kappa shape index (κ2) is 6.76. The molecule has 0 aromatic heterocycles. The Kier molecular flexibility index (Phi) is 5.32. The molecule has 18 heavy (non-hydrogen) atoms. The van der Waals surface area contributed by atoms with Gasteiger partial charge >= 0.3 is 0 Å². The lowest BCUT2D eigenvalue weighted by Crippen LogP contribution is -2.13. The average molecular weight is 254 g/mol. The second-order valence-electron chi connectivity index (χ2n) is 4.16. The summed E-state index contributed by atoms with van der Waals surface area (Å²) in [6, 6.07) is 3.42. The molecule has 0 saturated carbocycles. The molecule has 0 bridgehead atoms. The number of aromatic hydroxyl groups is 3. The maximum absolute atomic E-state index is 8.91. The fraction of sp³-hybridized carbons (Fsp3) is 0.385. The van der Waals surface area contributed by atoms with Crippen LogP contribution >= 0.6 is 0 Å². The smallest absolute Gasteiger partial charge is 0.122 e. The summed E-state index contributed by atoms with van der Waals surface area (Å²) in [5.41, 5.74) is 0. The zero-order chi connectivity index (χ0) is 13.5. The van der Waals surface area contributed by atoms with E-state index in [0.29, 0.717) is 0 Å². The molecule has 1 aromatic carbocycles. The molecule has 100 valence electrons. The summed E-state index contributed by atoms with van der Waals surface area (Å²) in [6.07, 6.45) is 5.36. The number of aliphatic hydroxyl groups excluding tert-OH is 1. The first-order valence-corrected chi connectivity index (χ1v) is 5.68. The highest BCUT2D eigenvalue weighted by Crippen LogP contribution is 2.23. The highest BCUT2D eigenvalue weighted by Gasteiger charge is 2.12. The number of rotatable bonds is 2. The molecule has 0 saturated heterocycles. The Balaban J connectivity index is 0.000000180. The minimum absolute atomic E-state index is 0.146. The summed E-state index contributed by atoms with van der Waals surface area (Å²) in [5.74, 6) is -0.437. The quantitative estimate of drug-likeness (QED) is 0.646. The van der Waals surface area contributed by atoms with Gasteiger partial charge in [0.05, 0.1) is 12.4 Å². The van der Waals surface area contributed by atoms with Crippen molar-refractivity contribution in [1.82, 2.24) is 0 Å². The van der Waals surface area contributed by atoms with Crippen molar-refractivity contribution in [2.75, 3.05) is 0 Å². The van der Waals surface area contributed by atoms with E-state index < -0.39 is 0 Å². The Labute approximate surface area is 106 Å². The van der Waals surface area contributed by atoms with Crippen molar-refractivity contribution in [2.24, 2.45) is 0 Å². The van der Waals surface area contributed by atoms with Gasteiger partial charge in [-0.15, -0.1) is 0 Å². The van der Waals surface area contributed by atoms with Crippen LogP contribution in [-0.2, 0) is 4.74 Å². The predicted molar refractivity (Wildman–Crippen MR) is 66.4 cm³/mol. The van der Waals surface area contributed by atoms with Gasteiger partial charge in [0.25, 0.3) is 0 Å². The normalized spacial score (nSPS) is 18.7. The lowest BCUT2D eigenvalue weighted by atomic mass is 10.1. The van der Waals surface area contributed by atoms with Crippen molar-refractivity contribution in [3.63, 3.8) is 0 Å². The van der Waals surface area contributed by atoms with Crippen LogP contribution in [0.3, 0.4) is 0 Å². The van der Waals surface area contributed by atoms with Gasteiger partial charge in [-0.3, -0.25) is 0 Å². The van der Waals surface area contributed by atoms with E-state index in [9.17, 15) is 0 Å². The topological polar surface area (TPSA) is 90.2 Å². The van der Waals surface area contributed by atoms with Crippen molar-refractivity contribution < 1.29 is 25.2 Å². The average Bonchev–Trinajstić information content (AvgIpc) is 2.67. The van der Waals surface area contributed by atoms with E-state index in [1.165, 1.54) is 0 Å². The molecule has 1 heterocycles. The van der Waals surface area contributed by atoms with Crippen LogP contribution < -0.4 is 0 Å². The molecular weight excluding hydrogens is 236 g/mol. The molecule has 0 spiro atoms. The highest BCUT2D eigenvalue weighted by atomic mass is 16.5. The molecule has 5 nitrogen and oxygen atoms in total. The SMILES string of the molecule is CC(O)CC1CC=CO1.Oc1cc(O)cc(O)c1. The van der Waals surface area contributed by atoms with Crippen LogP contribution in [0.1, 0.15) is 19.8 Å². The predicted octanol–water partition coefficient (Wildman–Crippen LogP) is 1.86. The zero-order valence-electron chi connectivity index (χ0n) is 10.2. The molecule has 2 atom stereocenters. The van der Waals surface area contributed by atoms with Gasteiger partial charge in [-0.2, -0.15) is 0 Å². The monoisotopic (exact) mass is 254 g/mol. The summed E-state index contributed by atoms with van der Waals surface area (Å²) in [7, 11) is 0. The largest absolute Gasteiger partial charge is 0.508 e. The van der Waals surface area contributed by atoms with E-state index >= 15 is 0 Å².